The average molecular weight is 351 g/mol. The number of carbonyl (C=O) groups excluding carboxylic acids is 1. The number of carbonyl (C=O) groups is 1. The highest BCUT2D eigenvalue weighted by molar-refractivity contribution is 9.10. The molecule has 0 bridgehead atoms. The van der Waals surface area contributed by atoms with Crippen molar-refractivity contribution in [1.82, 2.24) is 10.3 Å². The molecule has 0 saturated heterocycles. The summed E-state index contributed by atoms with van der Waals surface area (Å²) in [5, 5.41) is 2.50. The highest BCUT2D eigenvalue weighted by Gasteiger charge is 2.45. The molecule has 3 nitrogen and oxygen atoms in total. The zero-order valence-electron chi connectivity index (χ0n) is 10.6. The maximum Gasteiger partial charge on any atom is 0.393 e. The third-order valence-electron chi connectivity index (χ3n) is 3.49. The molecule has 1 N–H and O–H groups in total. The Kier molecular flexibility index (Phi) is 4.67. The number of nitrogens with one attached hydrogen (secondary N) is 1. The number of nitrogens with zero attached hydrogens (tertiary/aromatic N) is 1. The Bertz CT molecular complexity index is 475. The SMILES string of the molecule is O=C(NC1CCCCC1C(F)(F)F)c1ccc(Br)nc1. The molecule has 2 rings (SSSR count). The summed E-state index contributed by atoms with van der Waals surface area (Å²) in [5.41, 5.74) is 0.264. The van der Waals surface area contributed by atoms with E-state index < -0.39 is 24.0 Å². The van der Waals surface area contributed by atoms with Crippen molar-refractivity contribution in [3.05, 3.63) is 28.5 Å². The van der Waals surface area contributed by atoms with E-state index in [1.165, 1.54) is 12.3 Å². The zero-order chi connectivity index (χ0) is 14.8. The Morgan fingerprint density at radius 1 is 1.30 bits per heavy atom. The number of pyridine rings is 1. The van der Waals surface area contributed by atoms with Gasteiger partial charge in [-0.2, -0.15) is 13.2 Å². The minimum atomic E-state index is -4.27. The van der Waals surface area contributed by atoms with Crippen LogP contribution in [-0.4, -0.2) is 23.1 Å². The monoisotopic (exact) mass is 350 g/mol. The van der Waals surface area contributed by atoms with Crippen LogP contribution in [0.3, 0.4) is 0 Å². The second-order valence-corrected chi connectivity index (χ2v) is 5.69. The van der Waals surface area contributed by atoms with Crippen LogP contribution in [0.4, 0.5) is 13.2 Å². The van der Waals surface area contributed by atoms with Gasteiger partial charge in [0.05, 0.1) is 11.5 Å². The van der Waals surface area contributed by atoms with Gasteiger partial charge in [0.15, 0.2) is 0 Å². The Balaban J connectivity index is 2.07. The number of hydrogen-bond donors (Lipinski definition) is 1. The van der Waals surface area contributed by atoms with E-state index in [4.69, 9.17) is 0 Å². The molecular weight excluding hydrogens is 337 g/mol. The third-order valence-corrected chi connectivity index (χ3v) is 3.96. The molecular formula is C13H14BrF3N2O. The molecule has 20 heavy (non-hydrogen) atoms. The normalized spacial score (nSPS) is 23.4. The number of alkyl halides is 3. The maximum atomic E-state index is 12.9. The van der Waals surface area contributed by atoms with Gasteiger partial charge < -0.3 is 5.32 Å². The van der Waals surface area contributed by atoms with Gasteiger partial charge in [-0.05, 0) is 40.9 Å². The number of hydrogen-bond acceptors (Lipinski definition) is 2. The number of rotatable bonds is 2. The predicted molar refractivity (Wildman–Crippen MR) is 71.2 cm³/mol. The van der Waals surface area contributed by atoms with E-state index in [-0.39, 0.29) is 12.0 Å². The number of amides is 1. The smallest absolute Gasteiger partial charge is 0.349 e. The van der Waals surface area contributed by atoms with Crippen molar-refractivity contribution in [3.8, 4) is 0 Å². The molecule has 1 saturated carbocycles. The van der Waals surface area contributed by atoms with E-state index in [2.05, 4.69) is 26.2 Å². The van der Waals surface area contributed by atoms with Crippen LogP contribution in [0.5, 0.6) is 0 Å². The Morgan fingerprint density at radius 3 is 2.60 bits per heavy atom. The van der Waals surface area contributed by atoms with E-state index in [9.17, 15) is 18.0 Å². The Labute approximate surface area is 123 Å². The largest absolute Gasteiger partial charge is 0.393 e. The molecule has 1 aliphatic rings. The van der Waals surface area contributed by atoms with Crippen LogP contribution in [0, 0.1) is 5.92 Å². The summed E-state index contributed by atoms with van der Waals surface area (Å²) in [6.07, 6.45) is -1.24. The molecule has 0 aliphatic heterocycles. The van der Waals surface area contributed by atoms with Crippen molar-refractivity contribution in [2.24, 2.45) is 5.92 Å². The number of aromatic nitrogens is 1. The van der Waals surface area contributed by atoms with Crippen molar-refractivity contribution in [2.45, 2.75) is 37.9 Å². The lowest BCUT2D eigenvalue weighted by Gasteiger charge is -2.33. The molecule has 1 aliphatic carbocycles. The first-order valence-electron chi connectivity index (χ1n) is 6.37. The topological polar surface area (TPSA) is 42.0 Å². The number of halogens is 4. The summed E-state index contributed by atoms with van der Waals surface area (Å²) in [6, 6.07) is 2.26. The lowest BCUT2D eigenvalue weighted by molar-refractivity contribution is -0.187. The van der Waals surface area contributed by atoms with Gasteiger partial charge in [0.2, 0.25) is 0 Å². The second kappa shape index (κ2) is 6.11. The summed E-state index contributed by atoms with van der Waals surface area (Å²) >= 11 is 3.14. The van der Waals surface area contributed by atoms with Crippen LogP contribution in [0.2, 0.25) is 0 Å². The first kappa shape index (κ1) is 15.3. The molecule has 110 valence electrons. The van der Waals surface area contributed by atoms with Crippen LogP contribution in [0.1, 0.15) is 36.0 Å². The van der Waals surface area contributed by atoms with Gasteiger partial charge in [-0.25, -0.2) is 4.98 Å². The molecule has 1 aromatic rings. The molecule has 7 heteroatoms. The van der Waals surface area contributed by atoms with Gasteiger partial charge in [0, 0.05) is 12.2 Å². The van der Waals surface area contributed by atoms with Crippen molar-refractivity contribution in [2.75, 3.05) is 0 Å². The predicted octanol–water partition coefficient (Wildman–Crippen LogP) is 3.70. The first-order valence-corrected chi connectivity index (χ1v) is 7.16. The van der Waals surface area contributed by atoms with Gasteiger partial charge in [-0.1, -0.05) is 12.8 Å². The molecule has 2 unspecified atom stereocenters. The fourth-order valence-electron chi connectivity index (χ4n) is 2.46. The van der Waals surface area contributed by atoms with E-state index in [0.29, 0.717) is 23.9 Å². The highest BCUT2D eigenvalue weighted by atomic mass is 79.9. The van der Waals surface area contributed by atoms with Gasteiger partial charge >= 0.3 is 6.18 Å². The van der Waals surface area contributed by atoms with Crippen LogP contribution in [0.15, 0.2) is 22.9 Å². The van der Waals surface area contributed by atoms with E-state index >= 15 is 0 Å². The minimum Gasteiger partial charge on any atom is -0.349 e. The van der Waals surface area contributed by atoms with Gasteiger partial charge in [0.1, 0.15) is 4.60 Å². The van der Waals surface area contributed by atoms with Crippen LogP contribution in [0.25, 0.3) is 0 Å². The van der Waals surface area contributed by atoms with Crippen molar-refractivity contribution >= 4 is 21.8 Å². The fraction of sp³-hybridized carbons (Fsp3) is 0.538. The Hall–Kier alpha value is -1.11. The maximum absolute atomic E-state index is 12.9. The molecule has 0 spiro atoms. The second-order valence-electron chi connectivity index (χ2n) is 4.88. The van der Waals surface area contributed by atoms with E-state index in [1.54, 1.807) is 6.07 Å². The van der Waals surface area contributed by atoms with Crippen molar-refractivity contribution in [1.29, 1.82) is 0 Å². The quantitative estimate of drug-likeness (QED) is 0.826. The van der Waals surface area contributed by atoms with Crippen molar-refractivity contribution in [3.63, 3.8) is 0 Å². The summed E-state index contributed by atoms with van der Waals surface area (Å²) < 4.78 is 39.4. The first-order chi connectivity index (χ1) is 9.38. The molecule has 1 aromatic heterocycles. The summed E-state index contributed by atoms with van der Waals surface area (Å²) in [6.45, 7) is 0. The van der Waals surface area contributed by atoms with E-state index in [1.807, 2.05) is 0 Å². The van der Waals surface area contributed by atoms with Crippen LogP contribution in [-0.2, 0) is 0 Å². The minimum absolute atomic E-state index is 0.0764. The van der Waals surface area contributed by atoms with Crippen LogP contribution < -0.4 is 5.32 Å². The molecule has 1 heterocycles. The third kappa shape index (κ3) is 3.71. The van der Waals surface area contributed by atoms with Gasteiger partial charge in [-0.15, -0.1) is 0 Å². The molecule has 2 atom stereocenters. The van der Waals surface area contributed by atoms with Crippen LogP contribution >= 0.6 is 15.9 Å². The Morgan fingerprint density at radius 2 is 2.00 bits per heavy atom. The lowest BCUT2D eigenvalue weighted by Crippen LogP contribution is -2.47. The zero-order valence-corrected chi connectivity index (χ0v) is 12.2. The van der Waals surface area contributed by atoms with Gasteiger partial charge in [-0.3, -0.25) is 4.79 Å². The van der Waals surface area contributed by atoms with Crippen molar-refractivity contribution < 1.29 is 18.0 Å². The summed E-state index contributed by atoms with van der Waals surface area (Å²) in [7, 11) is 0. The lowest BCUT2D eigenvalue weighted by atomic mass is 9.84. The molecule has 0 radical (unpaired) electrons. The molecule has 0 aromatic carbocycles. The van der Waals surface area contributed by atoms with E-state index in [0.717, 1.165) is 0 Å². The summed E-state index contributed by atoms with van der Waals surface area (Å²) in [4.78, 5) is 15.9. The average Bonchev–Trinajstić information content (AvgIpc) is 2.38. The standard InChI is InChI=1S/C13H14BrF3N2O/c14-11-6-5-8(7-18-11)12(20)19-10-4-2-1-3-9(10)13(15,16)17/h5-7,9-10H,1-4H2,(H,19,20). The highest BCUT2D eigenvalue weighted by Crippen LogP contribution is 2.37. The summed E-state index contributed by atoms with van der Waals surface area (Å²) in [5.74, 6) is -1.96. The molecule has 1 amide bonds. The van der Waals surface area contributed by atoms with Gasteiger partial charge in [0.25, 0.3) is 5.91 Å². The molecule has 1 fully saturated rings. The fourth-order valence-corrected chi connectivity index (χ4v) is 2.69.